The number of benzene rings is 3. The van der Waals surface area contributed by atoms with Gasteiger partial charge in [0.25, 0.3) is 0 Å². The first-order chi connectivity index (χ1) is 18.7. The van der Waals surface area contributed by atoms with Gasteiger partial charge in [-0.25, -0.2) is 14.8 Å². The van der Waals surface area contributed by atoms with Gasteiger partial charge in [0.1, 0.15) is 11.8 Å². The number of rotatable bonds is 5. The van der Waals surface area contributed by atoms with Gasteiger partial charge in [-0.2, -0.15) is 18.4 Å². The largest absolute Gasteiger partial charge is 0.433 e. The van der Waals surface area contributed by atoms with Crippen LogP contribution in [0.15, 0.2) is 85.3 Å². The molecule has 0 saturated heterocycles. The van der Waals surface area contributed by atoms with Crippen LogP contribution in [0.1, 0.15) is 39.2 Å². The van der Waals surface area contributed by atoms with Crippen LogP contribution >= 0.6 is 0 Å². The first kappa shape index (κ1) is 25.7. The molecule has 0 spiro atoms. The summed E-state index contributed by atoms with van der Waals surface area (Å²) in [5, 5.41) is 22.6. The molecular weight excluding hydrogens is 503 g/mol. The van der Waals surface area contributed by atoms with Crippen molar-refractivity contribution in [1.82, 2.24) is 14.5 Å². The molecule has 192 valence electrons. The number of aliphatic hydroxyl groups is 1. The molecule has 6 nitrogen and oxygen atoms in total. The van der Waals surface area contributed by atoms with Crippen LogP contribution in [-0.4, -0.2) is 19.6 Å². The van der Waals surface area contributed by atoms with Crippen LogP contribution in [0.4, 0.5) is 18.9 Å². The number of hydrogen-bond donors (Lipinski definition) is 1. The Labute approximate surface area is 222 Å². The molecule has 0 aliphatic rings. The molecule has 0 aliphatic carbocycles. The molecule has 0 fully saturated rings. The molecule has 2 heterocycles. The van der Waals surface area contributed by atoms with E-state index in [0.29, 0.717) is 28.1 Å². The summed E-state index contributed by atoms with van der Waals surface area (Å²) < 4.78 is 44.0. The lowest BCUT2D eigenvalue weighted by Gasteiger charge is -2.30. The van der Waals surface area contributed by atoms with Crippen molar-refractivity contribution in [2.75, 3.05) is 0 Å². The second-order valence-corrected chi connectivity index (χ2v) is 9.08. The third kappa shape index (κ3) is 4.50. The number of fused-ring (bicyclic) bond motifs is 1. The lowest BCUT2D eigenvalue weighted by atomic mass is 9.82. The summed E-state index contributed by atoms with van der Waals surface area (Å²) in [5.74, 6) is 0. The summed E-state index contributed by atoms with van der Waals surface area (Å²) in [6, 6.07) is 21.3. The lowest BCUT2D eigenvalue weighted by molar-refractivity contribution is -0.141. The molecule has 1 unspecified atom stereocenters. The predicted octanol–water partition coefficient (Wildman–Crippen LogP) is 6.28. The Balaban J connectivity index is 1.79. The molecule has 5 rings (SSSR count). The number of halogens is 3. The van der Waals surface area contributed by atoms with Gasteiger partial charge in [0, 0.05) is 24.4 Å². The van der Waals surface area contributed by atoms with E-state index in [9.17, 15) is 23.5 Å². The van der Waals surface area contributed by atoms with Gasteiger partial charge < -0.3 is 9.67 Å². The molecule has 0 aliphatic heterocycles. The third-order valence-electron chi connectivity index (χ3n) is 6.71. The smallest absolute Gasteiger partial charge is 0.374 e. The molecule has 0 radical (unpaired) electrons. The van der Waals surface area contributed by atoms with Crippen molar-refractivity contribution in [3.8, 4) is 6.07 Å². The van der Waals surface area contributed by atoms with Gasteiger partial charge in [0.15, 0.2) is 11.3 Å². The quantitative estimate of drug-likeness (QED) is 0.275. The molecule has 1 N–H and O–H groups in total. The molecule has 1 atom stereocenters. The average Bonchev–Trinajstić information content (AvgIpc) is 3.38. The molecule has 3 aromatic carbocycles. The molecule has 5 aromatic rings. The third-order valence-corrected chi connectivity index (χ3v) is 6.71. The van der Waals surface area contributed by atoms with Crippen LogP contribution in [0.3, 0.4) is 0 Å². The highest BCUT2D eigenvalue weighted by molar-refractivity contribution is 5.87. The van der Waals surface area contributed by atoms with Gasteiger partial charge in [-0.3, -0.25) is 0 Å². The number of aromatic nitrogens is 3. The average molecular weight is 524 g/mol. The fraction of sp³-hybridized carbons (Fsp3) is 0.133. The standard InChI is InChI=1S/C30H20F3N5O/c1-35-22-11-8-20(9-12-22)29(39,27-17-36-18-38(27)2)21-10-13-26-23(15-21)25(16-34)24(28(37-26)30(31,32)33)14-19-6-4-3-5-7-19/h3-13,15,17-18,39H,14H2,2H3. The van der Waals surface area contributed by atoms with E-state index >= 15 is 0 Å². The topological polar surface area (TPSA) is 79.1 Å². The van der Waals surface area contributed by atoms with Crippen molar-refractivity contribution in [2.24, 2.45) is 7.05 Å². The summed E-state index contributed by atoms with van der Waals surface area (Å²) in [6.07, 6.45) is -1.91. The Morgan fingerprint density at radius 3 is 2.31 bits per heavy atom. The van der Waals surface area contributed by atoms with E-state index in [4.69, 9.17) is 6.57 Å². The highest BCUT2D eigenvalue weighted by Gasteiger charge is 2.39. The summed E-state index contributed by atoms with van der Waals surface area (Å²) >= 11 is 0. The first-order valence-corrected chi connectivity index (χ1v) is 11.8. The zero-order valence-corrected chi connectivity index (χ0v) is 20.6. The molecule has 0 amide bonds. The Morgan fingerprint density at radius 2 is 1.72 bits per heavy atom. The molecular formula is C30H20F3N5O. The molecule has 2 aromatic heterocycles. The Kier molecular flexibility index (Phi) is 6.39. The SMILES string of the molecule is [C-]#[N+]c1ccc(C(O)(c2ccc3nc(C(F)(F)F)c(Cc4ccccc4)c(C#N)c3c2)c2cncn2C)cc1. The minimum atomic E-state index is -4.78. The van der Waals surface area contributed by atoms with Gasteiger partial charge in [0.05, 0.1) is 35.9 Å². The van der Waals surface area contributed by atoms with Crippen LogP contribution in [0, 0.1) is 17.9 Å². The maximum absolute atomic E-state index is 14.1. The van der Waals surface area contributed by atoms with Crippen LogP contribution in [0.25, 0.3) is 15.7 Å². The Bertz CT molecular complexity index is 1760. The minimum absolute atomic E-state index is 0.0184. The normalized spacial score (nSPS) is 13.0. The molecule has 0 saturated carbocycles. The maximum Gasteiger partial charge on any atom is 0.433 e. The van der Waals surface area contributed by atoms with E-state index in [2.05, 4.69) is 14.8 Å². The number of alkyl halides is 3. The Hall–Kier alpha value is -4.99. The zero-order chi connectivity index (χ0) is 27.8. The van der Waals surface area contributed by atoms with Gasteiger partial charge in [0.2, 0.25) is 0 Å². The first-order valence-electron chi connectivity index (χ1n) is 11.8. The summed E-state index contributed by atoms with van der Waals surface area (Å²) in [5.41, 5.74) is -1.22. The van der Waals surface area contributed by atoms with Gasteiger partial charge in [-0.05, 0) is 28.8 Å². The number of pyridine rings is 1. The van der Waals surface area contributed by atoms with E-state index in [1.54, 1.807) is 66.2 Å². The fourth-order valence-corrected chi connectivity index (χ4v) is 4.81. The highest BCUT2D eigenvalue weighted by Crippen LogP contribution is 2.41. The highest BCUT2D eigenvalue weighted by atomic mass is 19.4. The van der Waals surface area contributed by atoms with E-state index in [0.717, 1.165) is 0 Å². The second-order valence-electron chi connectivity index (χ2n) is 9.08. The minimum Gasteiger partial charge on any atom is -0.374 e. The van der Waals surface area contributed by atoms with Crippen molar-refractivity contribution in [3.63, 3.8) is 0 Å². The number of nitriles is 1. The monoisotopic (exact) mass is 523 g/mol. The number of aryl methyl sites for hydroxylation is 1. The molecule has 0 bridgehead atoms. The lowest BCUT2D eigenvalue weighted by Crippen LogP contribution is -2.31. The van der Waals surface area contributed by atoms with E-state index in [-0.39, 0.29) is 28.5 Å². The summed E-state index contributed by atoms with van der Waals surface area (Å²) in [7, 11) is 1.71. The molecule has 39 heavy (non-hydrogen) atoms. The predicted molar refractivity (Wildman–Crippen MR) is 139 cm³/mol. The van der Waals surface area contributed by atoms with Crippen molar-refractivity contribution in [1.29, 1.82) is 5.26 Å². The van der Waals surface area contributed by atoms with Crippen molar-refractivity contribution >= 4 is 16.6 Å². The second kappa shape index (κ2) is 9.71. The van der Waals surface area contributed by atoms with Crippen LogP contribution in [0.2, 0.25) is 0 Å². The van der Waals surface area contributed by atoms with Crippen LogP contribution in [-0.2, 0) is 25.2 Å². The summed E-state index contributed by atoms with van der Waals surface area (Å²) in [4.78, 5) is 11.5. The number of imidazole rings is 1. The number of nitrogens with zero attached hydrogens (tertiary/aromatic N) is 5. The van der Waals surface area contributed by atoms with Crippen LogP contribution < -0.4 is 0 Å². The summed E-state index contributed by atoms with van der Waals surface area (Å²) in [6.45, 7) is 7.24. The fourth-order valence-electron chi connectivity index (χ4n) is 4.81. The van der Waals surface area contributed by atoms with Gasteiger partial charge in [-0.15, -0.1) is 0 Å². The maximum atomic E-state index is 14.1. The van der Waals surface area contributed by atoms with Gasteiger partial charge >= 0.3 is 6.18 Å². The van der Waals surface area contributed by atoms with Crippen LogP contribution in [0.5, 0.6) is 0 Å². The number of hydrogen-bond acceptors (Lipinski definition) is 4. The Morgan fingerprint density at radius 1 is 1.03 bits per heavy atom. The van der Waals surface area contributed by atoms with E-state index in [1.165, 1.54) is 30.7 Å². The van der Waals surface area contributed by atoms with E-state index < -0.39 is 17.5 Å². The van der Waals surface area contributed by atoms with Crippen molar-refractivity contribution < 1.29 is 18.3 Å². The zero-order valence-electron chi connectivity index (χ0n) is 20.6. The van der Waals surface area contributed by atoms with Gasteiger partial charge in [-0.1, -0.05) is 60.7 Å². The molecule has 9 heteroatoms. The van der Waals surface area contributed by atoms with E-state index in [1.807, 2.05) is 6.07 Å². The van der Waals surface area contributed by atoms with Crippen molar-refractivity contribution in [2.45, 2.75) is 18.2 Å². The van der Waals surface area contributed by atoms with Crippen molar-refractivity contribution in [3.05, 3.63) is 136 Å².